The normalized spacial score (nSPS) is 10.9. The van der Waals surface area contributed by atoms with E-state index < -0.39 is 0 Å². The summed E-state index contributed by atoms with van der Waals surface area (Å²) in [6.45, 7) is 6.47. The van der Waals surface area contributed by atoms with Crippen LogP contribution in [0, 0.1) is 11.7 Å². The lowest BCUT2D eigenvalue weighted by atomic mass is 10.1. The standard InChI is InChI=1S/C19H21N3S/c1-4-14-7-6-8-16(12-14)18-20-21-19(23)22(18)17-10-9-15(5-2)13(3)11-17/h6-12H,4-5H2,1-3H3,(H,21,23). The number of aromatic amines is 1. The van der Waals surface area contributed by atoms with Crippen molar-refractivity contribution in [3.63, 3.8) is 0 Å². The molecule has 1 heterocycles. The second-order valence-corrected chi connectivity index (χ2v) is 6.09. The number of benzene rings is 2. The molecule has 1 aromatic heterocycles. The molecule has 4 heteroatoms. The lowest BCUT2D eigenvalue weighted by Crippen LogP contribution is -2.00. The Hall–Kier alpha value is -2.20. The molecule has 0 aliphatic carbocycles. The van der Waals surface area contributed by atoms with Crippen molar-refractivity contribution in [2.24, 2.45) is 0 Å². The van der Waals surface area contributed by atoms with Crippen molar-refractivity contribution in [3.05, 3.63) is 63.9 Å². The zero-order chi connectivity index (χ0) is 16.4. The molecule has 3 aromatic rings. The molecule has 0 radical (unpaired) electrons. The van der Waals surface area contributed by atoms with Crippen molar-refractivity contribution in [2.75, 3.05) is 0 Å². The molecule has 0 saturated carbocycles. The van der Waals surface area contributed by atoms with Crippen molar-refractivity contribution in [1.82, 2.24) is 14.8 Å². The second kappa shape index (κ2) is 6.50. The summed E-state index contributed by atoms with van der Waals surface area (Å²) in [5, 5.41) is 7.39. The quantitative estimate of drug-likeness (QED) is 0.683. The van der Waals surface area contributed by atoms with Crippen LogP contribution in [0.15, 0.2) is 42.5 Å². The van der Waals surface area contributed by atoms with Crippen LogP contribution < -0.4 is 0 Å². The van der Waals surface area contributed by atoms with Gasteiger partial charge in [-0.2, -0.15) is 5.10 Å². The number of nitrogens with zero attached hydrogens (tertiary/aromatic N) is 2. The van der Waals surface area contributed by atoms with E-state index in [9.17, 15) is 0 Å². The van der Waals surface area contributed by atoms with E-state index in [1.165, 1.54) is 16.7 Å². The maximum absolute atomic E-state index is 5.47. The minimum atomic E-state index is 0.616. The number of nitrogens with one attached hydrogen (secondary N) is 1. The van der Waals surface area contributed by atoms with E-state index in [-0.39, 0.29) is 0 Å². The maximum atomic E-state index is 5.47. The largest absolute Gasteiger partial charge is 0.268 e. The van der Waals surface area contributed by atoms with Gasteiger partial charge in [0.2, 0.25) is 0 Å². The van der Waals surface area contributed by atoms with Gasteiger partial charge in [0, 0.05) is 5.56 Å². The fourth-order valence-corrected chi connectivity index (χ4v) is 3.11. The summed E-state index contributed by atoms with van der Waals surface area (Å²) in [5.74, 6) is 0.856. The van der Waals surface area contributed by atoms with Gasteiger partial charge in [-0.1, -0.05) is 38.1 Å². The Morgan fingerprint density at radius 1 is 1.09 bits per heavy atom. The van der Waals surface area contributed by atoms with E-state index in [0.29, 0.717) is 4.77 Å². The third kappa shape index (κ3) is 2.99. The van der Waals surface area contributed by atoms with Gasteiger partial charge in [-0.05, 0) is 66.9 Å². The molecule has 0 fully saturated rings. The van der Waals surface area contributed by atoms with Crippen LogP contribution >= 0.6 is 12.2 Å². The molecule has 23 heavy (non-hydrogen) atoms. The third-order valence-corrected chi connectivity index (χ3v) is 4.50. The average molecular weight is 323 g/mol. The van der Waals surface area contributed by atoms with Crippen molar-refractivity contribution in [3.8, 4) is 17.1 Å². The van der Waals surface area contributed by atoms with Gasteiger partial charge < -0.3 is 0 Å². The molecule has 0 spiro atoms. The van der Waals surface area contributed by atoms with E-state index in [1.807, 2.05) is 4.57 Å². The highest BCUT2D eigenvalue weighted by Gasteiger charge is 2.12. The molecule has 118 valence electrons. The summed E-state index contributed by atoms with van der Waals surface area (Å²) >= 11 is 5.47. The highest BCUT2D eigenvalue weighted by Crippen LogP contribution is 2.24. The predicted octanol–water partition coefficient (Wildman–Crippen LogP) is 5.03. The Kier molecular flexibility index (Phi) is 4.44. The summed E-state index contributed by atoms with van der Waals surface area (Å²) in [5.41, 5.74) is 6.06. The van der Waals surface area contributed by atoms with Gasteiger partial charge in [-0.15, -0.1) is 0 Å². The highest BCUT2D eigenvalue weighted by atomic mass is 32.1. The Morgan fingerprint density at radius 2 is 1.91 bits per heavy atom. The number of aryl methyl sites for hydroxylation is 3. The van der Waals surface area contributed by atoms with Gasteiger partial charge in [-0.25, -0.2) is 0 Å². The molecule has 0 aliphatic rings. The van der Waals surface area contributed by atoms with E-state index >= 15 is 0 Å². The van der Waals surface area contributed by atoms with Gasteiger partial charge in [-0.3, -0.25) is 9.67 Å². The van der Waals surface area contributed by atoms with Crippen molar-refractivity contribution in [1.29, 1.82) is 0 Å². The SMILES string of the molecule is CCc1cccc(-c2n[nH]c(=S)n2-c2ccc(CC)c(C)c2)c1. The molecule has 0 unspecified atom stereocenters. The fourth-order valence-electron chi connectivity index (χ4n) is 2.88. The van der Waals surface area contributed by atoms with Gasteiger partial charge in [0.1, 0.15) is 0 Å². The Labute approximate surface area is 142 Å². The summed E-state index contributed by atoms with van der Waals surface area (Å²) < 4.78 is 2.63. The average Bonchev–Trinajstić information content (AvgIpc) is 2.96. The van der Waals surface area contributed by atoms with Crippen LogP contribution in [0.25, 0.3) is 17.1 Å². The molecular weight excluding hydrogens is 302 g/mol. The first kappa shape index (κ1) is 15.7. The number of hydrogen-bond donors (Lipinski definition) is 1. The first-order chi connectivity index (χ1) is 11.1. The summed E-state index contributed by atoms with van der Waals surface area (Å²) in [6.07, 6.45) is 2.04. The van der Waals surface area contributed by atoms with Crippen LogP contribution in [0.1, 0.15) is 30.5 Å². The van der Waals surface area contributed by atoms with Gasteiger partial charge in [0.05, 0.1) is 5.69 Å². The lowest BCUT2D eigenvalue weighted by Gasteiger charge is -2.11. The van der Waals surface area contributed by atoms with Crippen molar-refractivity contribution in [2.45, 2.75) is 33.6 Å². The molecular formula is C19H21N3S. The van der Waals surface area contributed by atoms with Gasteiger partial charge in [0.15, 0.2) is 10.6 Å². The minimum Gasteiger partial charge on any atom is -0.268 e. The Bertz CT molecular complexity index is 890. The van der Waals surface area contributed by atoms with Crippen LogP contribution in [0.2, 0.25) is 0 Å². The number of H-pyrrole nitrogens is 1. The van der Waals surface area contributed by atoms with E-state index in [0.717, 1.165) is 29.9 Å². The fraction of sp³-hybridized carbons (Fsp3) is 0.263. The molecule has 0 aliphatic heterocycles. The van der Waals surface area contributed by atoms with E-state index in [4.69, 9.17) is 12.2 Å². The van der Waals surface area contributed by atoms with Crippen molar-refractivity contribution < 1.29 is 0 Å². The van der Waals surface area contributed by atoms with Crippen molar-refractivity contribution >= 4 is 12.2 Å². The molecule has 3 nitrogen and oxygen atoms in total. The third-order valence-electron chi connectivity index (χ3n) is 4.23. The molecule has 0 atom stereocenters. The first-order valence-corrected chi connectivity index (χ1v) is 8.41. The predicted molar refractivity (Wildman–Crippen MR) is 97.7 cm³/mol. The molecule has 2 aromatic carbocycles. The Balaban J connectivity index is 2.16. The lowest BCUT2D eigenvalue weighted by molar-refractivity contribution is 1.02. The second-order valence-electron chi connectivity index (χ2n) is 5.71. The van der Waals surface area contributed by atoms with Crippen LogP contribution in [-0.4, -0.2) is 14.8 Å². The number of rotatable bonds is 4. The summed E-state index contributed by atoms with van der Waals surface area (Å²) in [4.78, 5) is 0. The number of hydrogen-bond acceptors (Lipinski definition) is 2. The van der Waals surface area contributed by atoms with Crippen LogP contribution in [0.5, 0.6) is 0 Å². The highest BCUT2D eigenvalue weighted by molar-refractivity contribution is 7.71. The first-order valence-electron chi connectivity index (χ1n) is 8.00. The zero-order valence-corrected chi connectivity index (χ0v) is 14.6. The van der Waals surface area contributed by atoms with E-state index in [1.54, 1.807) is 0 Å². The maximum Gasteiger partial charge on any atom is 0.200 e. The molecule has 3 rings (SSSR count). The summed E-state index contributed by atoms with van der Waals surface area (Å²) in [7, 11) is 0. The van der Waals surface area contributed by atoms with Gasteiger partial charge in [0.25, 0.3) is 0 Å². The smallest absolute Gasteiger partial charge is 0.200 e. The van der Waals surface area contributed by atoms with Gasteiger partial charge >= 0.3 is 0 Å². The monoisotopic (exact) mass is 323 g/mol. The van der Waals surface area contributed by atoms with E-state index in [2.05, 4.69) is 73.4 Å². The minimum absolute atomic E-state index is 0.616. The van der Waals surface area contributed by atoms with Crippen LogP contribution in [0.3, 0.4) is 0 Å². The topological polar surface area (TPSA) is 33.6 Å². The molecule has 1 N–H and O–H groups in total. The molecule has 0 amide bonds. The number of aromatic nitrogens is 3. The Morgan fingerprint density at radius 3 is 2.61 bits per heavy atom. The zero-order valence-electron chi connectivity index (χ0n) is 13.8. The molecule has 0 saturated heterocycles. The summed E-state index contributed by atoms with van der Waals surface area (Å²) in [6, 6.07) is 14.9. The van der Waals surface area contributed by atoms with Crippen LogP contribution in [0.4, 0.5) is 0 Å². The molecule has 0 bridgehead atoms. The van der Waals surface area contributed by atoms with Crippen LogP contribution in [-0.2, 0) is 12.8 Å².